The fourth-order valence-electron chi connectivity index (χ4n) is 5.23. The number of allylic oxidation sites excluding steroid dienone is 10. The van der Waals surface area contributed by atoms with Gasteiger partial charge in [-0.15, -0.1) is 0 Å². The zero-order chi connectivity index (χ0) is 40.0. The molecule has 0 spiro atoms. The predicted octanol–water partition coefficient (Wildman–Crippen LogP) is 11.1. The van der Waals surface area contributed by atoms with Crippen LogP contribution in [0.4, 0.5) is 0 Å². The highest BCUT2D eigenvalue weighted by atomic mass is 31.2. The molecule has 0 N–H and O–H groups in total. The van der Waals surface area contributed by atoms with Crippen LogP contribution in [-0.4, -0.2) is 70.0 Å². The van der Waals surface area contributed by atoms with E-state index in [1.165, 1.54) is 25.7 Å². The summed E-state index contributed by atoms with van der Waals surface area (Å²) in [5.41, 5.74) is 0. The second-order valence-electron chi connectivity index (χ2n) is 15.0. The largest absolute Gasteiger partial charge is 0.756 e. The molecule has 9 nitrogen and oxygen atoms in total. The highest BCUT2D eigenvalue weighted by Crippen LogP contribution is 2.38. The van der Waals surface area contributed by atoms with Crippen LogP contribution in [0.15, 0.2) is 60.8 Å². The summed E-state index contributed by atoms with van der Waals surface area (Å²) in [4.78, 5) is 37.5. The van der Waals surface area contributed by atoms with Crippen molar-refractivity contribution in [1.29, 1.82) is 0 Å². The second kappa shape index (κ2) is 36.4. The molecule has 54 heavy (non-hydrogen) atoms. The van der Waals surface area contributed by atoms with Gasteiger partial charge in [-0.1, -0.05) is 126 Å². The second-order valence-corrected chi connectivity index (χ2v) is 16.4. The Bertz CT molecular complexity index is 1110. The van der Waals surface area contributed by atoms with Crippen LogP contribution in [-0.2, 0) is 32.7 Å². The van der Waals surface area contributed by atoms with E-state index in [1.807, 2.05) is 21.1 Å². The molecule has 2 atom stereocenters. The molecule has 0 aliphatic carbocycles. The Kier molecular flexibility index (Phi) is 34.8. The Morgan fingerprint density at radius 1 is 0.593 bits per heavy atom. The lowest BCUT2D eigenvalue weighted by Crippen LogP contribution is -2.37. The van der Waals surface area contributed by atoms with Gasteiger partial charge in [0.25, 0.3) is 7.82 Å². The van der Waals surface area contributed by atoms with Crippen LogP contribution in [0.1, 0.15) is 155 Å². The van der Waals surface area contributed by atoms with E-state index in [2.05, 4.69) is 74.6 Å². The number of phosphoric acid groups is 1. The van der Waals surface area contributed by atoms with Gasteiger partial charge in [0.1, 0.15) is 19.8 Å². The summed E-state index contributed by atoms with van der Waals surface area (Å²) in [7, 11) is 1.13. The topological polar surface area (TPSA) is 111 Å². The van der Waals surface area contributed by atoms with Crippen LogP contribution in [0.5, 0.6) is 0 Å². The average molecular weight is 780 g/mol. The number of rotatable bonds is 37. The molecule has 0 saturated heterocycles. The third kappa shape index (κ3) is 39.4. The van der Waals surface area contributed by atoms with Gasteiger partial charge in [0.05, 0.1) is 27.7 Å². The zero-order valence-electron chi connectivity index (χ0n) is 34.9. The lowest BCUT2D eigenvalue weighted by atomic mass is 10.1. The summed E-state index contributed by atoms with van der Waals surface area (Å²) in [6.45, 7) is 4.03. The Labute approximate surface area is 330 Å². The van der Waals surface area contributed by atoms with Gasteiger partial charge in [-0.25, -0.2) is 0 Å². The standard InChI is InChI=1S/C44H78NO8P/c1-6-8-10-12-14-16-18-20-22-24-26-28-30-32-34-36-43(46)50-40-42(41-52-54(48,49)51-39-38-45(3,4)5)53-44(47)37-35-33-31-29-27-25-23-21-19-17-15-13-11-9-7-2/h9,11,14-17,20-23,42H,6-8,10,12-13,18-19,24-41H2,1-5H3/b11-9+,16-14+,17-15+,22-20+,23-21+/t42-/m1/s1. The van der Waals surface area contributed by atoms with Gasteiger partial charge in [0.15, 0.2) is 6.10 Å². The maximum absolute atomic E-state index is 12.6. The van der Waals surface area contributed by atoms with E-state index in [1.54, 1.807) is 0 Å². The minimum absolute atomic E-state index is 0.0396. The van der Waals surface area contributed by atoms with Gasteiger partial charge in [0.2, 0.25) is 0 Å². The third-order valence-electron chi connectivity index (χ3n) is 8.52. The van der Waals surface area contributed by atoms with E-state index in [4.69, 9.17) is 18.5 Å². The zero-order valence-corrected chi connectivity index (χ0v) is 35.8. The number of esters is 2. The first kappa shape index (κ1) is 51.7. The highest BCUT2D eigenvalue weighted by molar-refractivity contribution is 7.45. The van der Waals surface area contributed by atoms with Crippen LogP contribution in [0, 0.1) is 0 Å². The van der Waals surface area contributed by atoms with E-state index in [0.717, 1.165) is 89.9 Å². The van der Waals surface area contributed by atoms with Crippen molar-refractivity contribution in [1.82, 2.24) is 0 Å². The number of hydrogen-bond acceptors (Lipinski definition) is 8. The fraction of sp³-hybridized carbons (Fsp3) is 0.727. The first-order chi connectivity index (χ1) is 26.0. The molecule has 0 radical (unpaired) electrons. The van der Waals surface area contributed by atoms with E-state index in [-0.39, 0.29) is 26.1 Å². The number of carbonyl (C=O) groups excluding carboxylic acids is 2. The monoisotopic (exact) mass is 780 g/mol. The molecule has 10 heteroatoms. The Balaban J connectivity index is 4.45. The molecule has 0 fully saturated rings. The van der Waals surface area contributed by atoms with Crippen molar-refractivity contribution >= 4 is 19.8 Å². The minimum atomic E-state index is -4.63. The number of carbonyl (C=O) groups is 2. The van der Waals surface area contributed by atoms with E-state index in [9.17, 15) is 19.0 Å². The average Bonchev–Trinajstić information content (AvgIpc) is 3.12. The van der Waals surface area contributed by atoms with Crippen LogP contribution < -0.4 is 4.89 Å². The van der Waals surface area contributed by atoms with Crippen LogP contribution in [0.25, 0.3) is 0 Å². The summed E-state index contributed by atoms with van der Waals surface area (Å²) < 4.78 is 33.8. The molecule has 0 rings (SSSR count). The van der Waals surface area contributed by atoms with Gasteiger partial charge in [-0.05, 0) is 77.0 Å². The molecule has 1 unspecified atom stereocenters. The molecule has 0 aromatic carbocycles. The normalized spacial score (nSPS) is 14.3. The molecule has 0 saturated carbocycles. The minimum Gasteiger partial charge on any atom is -0.756 e. The third-order valence-corrected chi connectivity index (χ3v) is 9.49. The van der Waals surface area contributed by atoms with Crippen molar-refractivity contribution in [3.05, 3.63) is 60.8 Å². The van der Waals surface area contributed by atoms with Gasteiger partial charge < -0.3 is 27.9 Å². The number of nitrogens with zero attached hydrogens (tertiary/aromatic N) is 1. The lowest BCUT2D eigenvalue weighted by Gasteiger charge is -2.28. The number of likely N-dealkylation sites (N-methyl/N-ethyl adjacent to an activating group) is 1. The number of hydrogen-bond donors (Lipinski definition) is 0. The van der Waals surface area contributed by atoms with Crippen LogP contribution in [0.2, 0.25) is 0 Å². The lowest BCUT2D eigenvalue weighted by molar-refractivity contribution is -0.870. The molecule has 0 amide bonds. The van der Waals surface area contributed by atoms with Crippen molar-refractivity contribution in [3.63, 3.8) is 0 Å². The summed E-state index contributed by atoms with van der Waals surface area (Å²) >= 11 is 0. The molecule has 0 heterocycles. The number of unbranched alkanes of at least 4 members (excludes halogenated alkanes) is 13. The maximum atomic E-state index is 12.6. The van der Waals surface area contributed by atoms with Crippen molar-refractivity contribution in [2.24, 2.45) is 0 Å². The van der Waals surface area contributed by atoms with E-state index < -0.39 is 32.5 Å². The van der Waals surface area contributed by atoms with Crippen molar-refractivity contribution in [2.45, 2.75) is 161 Å². The molecule has 0 aromatic heterocycles. The summed E-state index contributed by atoms with van der Waals surface area (Å²) in [5.74, 6) is -0.876. The van der Waals surface area contributed by atoms with Gasteiger partial charge in [-0.2, -0.15) is 0 Å². The Morgan fingerprint density at radius 2 is 1.06 bits per heavy atom. The van der Waals surface area contributed by atoms with E-state index >= 15 is 0 Å². The first-order valence-electron chi connectivity index (χ1n) is 21.0. The number of quaternary nitrogens is 1. The molecule has 0 aliphatic heterocycles. The summed E-state index contributed by atoms with van der Waals surface area (Å²) in [6.07, 6.45) is 42.4. The maximum Gasteiger partial charge on any atom is 0.306 e. The SMILES string of the molecule is CC/C=C/C/C=C/C/C=C/CCCCCCCC(=O)O[C@H](COC(=O)CCCCCCC/C=C/C/C=C/CCCCC)COP(=O)([O-])OCC[N+](C)(C)C. The quantitative estimate of drug-likeness (QED) is 0.0201. The molecule has 0 aliphatic rings. The molecular formula is C44H78NO8P. The number of ether oxygens (including phenoxy) is 2. The van der Waals surface area contributed by atoms with Crippen molar-refractivity contribution in [3.8, 4) is 0 Å². The van der Waals surface area contributed by atoms with Gasteiger partial charge >= 0.3 is 11.9 Å². The molecule has 312 valence electrons. The summed E-state index contributed by atoms with van der Waals surface area (Å²) in [5, 5.41) is 0. The van der Waals surface area contributed by atoms with Crippen LogP contribution >= 0.6 is 7.82 Å². The predicted molar refractivity (Wildman–Crippen MR) is 222 cm³/mol. The first-order valence-corrected chi connectivity index (χ1v) is 22.5. The Morgan fingerprint density at radius 3 is 1.57 bits per heavy atom. The smallest absolute Gasteiger partial charge is 0.306 e. The molecular weight excluding hydrogens is 701 g/mol. The molecule has 0 bridgehead atoms. The van der Waals surface area contributed by atoms with Gasteiger partial charge in [-0.3, -0.25) is 14.2 Å². The summed E-state index contributed by atoms with van der Waals surface area (Å²) in [6, 6.07) is 0. The Hall–Kier alpha value is -2.29. The molecule has 0 aromatic rings. The van der Waals surface area contributed by atoms with Crippen LogP contribution in [0.3, 0.4) is 0 Å². The van der Waals surface area contributed by atoms with Crippen molar-refractivity contribution in [2.75, 3.05) is 47.5 Å². The van der Waals surface area contributed by atoms with Gasteiger partial charge in [0, 0.05) is 12.8 Å². The van der Waals surface area contributed by atoms with Crippen molar-refractivity contribution < 1.29 is 42.1 Å². The van der Waals surface area contributed by atoms with E-state index in [0.29, 0.717) is 23.9 Å². The fourth-order valence-corrected chi connectivity index (χ4v) is 5.96. The number of phosphoric ester groups is 1. The highest BCUT2D eigenvalue weighted by Gasteiger charge is 2.21.